The fraction of sp³-hybridized carbons (Fsp3) is 0.517. The lowest BCUT2D eigenvalue weighted by Gasteiger charge is -2.33. The first kappa shape index (κ1) is 31.4. The number of nitrogens with one attached hydrogen (secondary N) is 1. The zero-order valence-electron chi connectivity index (χ0n) is 23.2. The quantitative estimate of drug-likeness (QED) is 0.428. The van der Waals surface area contributed by atoms with Crippen LogP contribution in [0.25, 0.3) is 0 Å². The van der Waals surface area contributed by atoms with Crippen LogP contribution in [0.2, 0.25) is 10.0 Å². The van der Waals surface area contributed by atoms with Gasteiger partial charge in [-0.1, -0.05) is 29.3 Å². The maximum absolute atomic E-state index is 14.7. The van der Waals surface area contributed by atoms with Gasteiger partial charge in [0.1, 0.15) is 11.3 Å². The van der Waals surface area contributed by atoms with Crippen molar-refractivity contribution in [2.75, 3.05) is 60.6 Å². The molecule has 2 aromatic rings. The van der Waals surface area contributed by atoms with Crippen molar-refractivity contribution < 1.29 is 32.2 Å². The average molecular weight is 617 g/mol. The second-order valence-corrected chi connectivity index (χ2v) is 11.2. The molecule has 1 N–H and O–H groups in total. The molecule has 2 heterocycles. The molecule has 224 valence electrons. The third-order valence-electron chi connectivity index (χ3n) is 8.10. The van der Waals surface area contributed by atoms with Crippen molar-refractivity contribution in [3.05, 3.63) is 62.6 Å². The van der Waals surface area contributed by atoms with Crippen molar-refractivity contribution in [3.8, 4) is 5.75 Å². The summed E-state index contributed by atoms with van der Waals surface area (Å²) in [6.07, 6.45) is -3.52. The zero-order valence-corrected chi connectivity index (χ0v) is 24.7. The standard InChI is InChI=1S/C29H34Cl2F3N3O4/c1-35-27(38)19-5-7-24(41-3)26(29(32,33)34)25(19)21-16-37(15-20(21)18-4-6-22(30)23(31)14-18)28(39)17-8-10-36(11-9-17)12-13-40-2/h4-7,14,17,20-21H,8-13,15-16H2,1-3H3,(H,35,38). The maximum Gasteiger partial charge on any atom is 0.420 e. The molecule has 2 fully saturated rings. The number of halogens is 5. The first-order valence-electron chi connectivity index (χ1n) is 13.4. The summed E-state index contributed by atoms with van der Waals surface area (Å²) >= 11 is 12.5. The molecule has 4 rings (SSSR count). The van der Waals surface area contributed by atoms with Crippen molar-refractivity contribution in [1.29, 1.82) is 0 Å². The van der Waals surface area contributed by atoms with Crippen LogP contribution in [-0.2, 0) is 15.7 Å². The van der Waals surface area contributed by atoms with Crippen LogP contribution < -0.4 is 10.1 Å². The number of carbonyl (C=O) groups excluding carboxylic acids is 2. The molecule has 0 spiro atoms. The Morgan fingerprint density at radius 1 is 1.02 bits per heavy atom. The first-order chi connectivity index (χ1) is 19.5. The molecule has 0 radical (unpaired) electrons. The lowest BCUT2D eigenvalue weighted by molar-refractivity contribution is -0.139. The Labute approximate surface area is 247 Å². The highest BCUT2D eigenvalue weighted by Gasteiger charge is 2.47. The molecule has 41 heavy (non-hydrogen) atoms. The lowest BCUT2D eigenvalue weighted by Crippen LogP contribution is -2.42. The second-order valence-electron chi connectivity index (χ2n) is 10.4. The largest absolute Gasteiger partial charge is 0.496 e. The average Bonchev–Trinajstić information content (AvgIpc) is 3.41. The van der Waals surface area contributed by atoms with Crippen LogP contribution >= 0.6 is 23.2 Å². The van der Waals surface area contributed by atoms with Crippen LogP contribution in [0.15, 0.2) is 30.3 Å². The molecule has 0 bridgehead atoms. The van der Waals surface area contributed by atoms with Gasteiger partial charge < -0.3 is 24.6 Å². The number of rotatable bonds is 8. The van der Waals surface area contributed by atoms with E-state index in [1.165, 1.54) is 13.1 Å². The fourth-order valence-corrected chi connectivity index (χ4v) is 6.33. The predicted octanol–water partition coefficient (Wildman–Crippen LogP) is 5.45. The van der Waals surface area contributed by atoms with E-state index >= 15 is 0 Å². The predicted molar refractivity (Wildman–Crippen MR) is 151 cm³/mol. The summed E-state index contributed by atoms with van der Waals surface area (Å²) in [4.78, 5) is 30.6. The third-order valence-corrected chi connectivity index (χ3v) is 8.84. The fourth-order valence-electron chi connectivity index (χ4n) is 6.02. The van der Waals surface area contributed by atoms with Gasteiger partial charge in [-0.05, 0) is 61.3 Å². The highest BCUT2D eigenvalue weighted by molar-refractivity contribution is 6.42. The highest BCUT2D eigenvalue weighted by atomic mass is 35.5. The van der Waals surface area contributed by atoms with Crippen LogP contribution in [0.3, 0.4) is 0 Å². The van der Waals surface area contributed by atoms with E-state index in [4.69, 9.17) is 32.7 Å². The molecule has 2 aliphatic heterocycles. The van der Waals surface area contributed by atoms with E-state index in [-0.39, 0.29) is 46.8 Å². The summed E-state index contributed by atoms with van der Waals surface area (Å²) in [6.45, 7) is 3.04. The number of benzene rings is 2. The van der Waals surface area contributed by atoms with Gasteiger partial charge in [0.2, 0.25) is 5.91 Å². The van der Waals surface area contributed by atoms with Crippen molar-refractivity contribution in [2.24, 2.45) is 5.92 Å². The van der Waals surface area contributed by atoms with Crippen LogP contribution in [0.5, 0.6) is 5.75 Å². The van der Waals surface area contributed by atoms with Gasteiger partial charge in [-0.15, -0.1) is 0 Å². The zero-order chi connectivity index (χ0) is 29.9. The molecule has 2 unspecified atom stereocenters. The van der Waals surface area contributed by atoms with Crippen LogP contribution in [-0.4, -0.2) is 82.2 Å². The first-order valence-corrected chi connectivity index (χ1v) is 14.2. The van der Waals surface area contributed by atoms with E-state index in [0.29, 0.717) is 30.0 Å². The number of alkyl halides is 3. The number of nitrogens with zero attached hydrogens (tertiary/aromatic N) is 2. The van der Waals surface area contributed by atoms with Crippen molar-refractivity contribution in [2.45, 2.75) is 30.9 Å². The number of methoxy groups -OCH3 is 2. The number of carbonyl (C=O) groups is 2. The SMILES string of the molecule is CNC(=O)c1ccc(OC)c(C(F)(F)F)c1C1CN(C(=O)C2CCN(CCOC)CC2)CC1c1ccc(Cl)c(Cl)c1. The Balaban J connectivity index is 1.77. The van der Waals surface area contributed by atoms with Gasteiger partial charge in [-0.25, -0.2) is 0 Å². The lowest BCUT2D eigenvalue weighted by atomic mass is 9.79. The van der Waals surface area contributed by atoms with E-state index in [2.05, 4.69) is 10.2 Å². The number of likely N-dealkylation sites (tertiary alicyclic amines) is 2. The molecule has 0 aliphatic carbocycles. The summed E-state index contributed by atoms with van der Waals surface area (Å²) < 4.78 is 54.3. The third kappa shape index (κ3) is 6.77. The van der Waals surface area contributed by atoms with E-state index in [1.807, 2.05) is 0 Å². The van der Waals surface area contributed by atoms with Crippen LogP contribution in [0, 0.1) is 5.92 Å². The number of hydrogen-bond donors (Lipinski definition) is 1. The van der Waals surface area contributed by atoms with Gasteiger partial charge >= 0.3 is 6.18 Å². The topological polar surface area (TPSA) is 71.1 Å². The van der Waals surface area contributed by atoms with Gasteiger partial charge in [0.25, 0.3) is 5.91 Å². The number of hydrogen-bond acceptors (Lipinski definition) is 5. The van der Waals surface area contributed by atoms with Crippen LogP contribution in [0.4, 0.5) is 13.2 Å². The van der Waals surface area contributed by atoms with Gasteiger partial charge in [0.05, 0.1) is 23.8 Å². The molecule has 7 nitrogen and oxygen atoms in total. The molecule has 2 saturated heterocycles. The Morgan fingerprint density at radius 2 is 1.71 bits per heavy atom. The normalized spacial score (nSPS) is 20.3. The van der Waals surface area contributed by atoms with E-state index in [1.54, 1.807) is 30.2 Å². The van der Waals surface area contributed by atoms with E-state index < -0.39 is 29.5 Å². The molecular weight excluding hydrogens is 582 g/mol. The Kier molecular flexibility index (Phi) is 10.1. The summed E-state index contributed by atoms with van der Waals surface area (Å²) in [6, 6.07) is 7.42. The Bertz CT molecular complexity index is 1270. The number of ether oxygens (including phenoxy) is 2. The summed E-state index contributed by atoms with van der Waals surface area (Å²) in [5.74, 6) is -2.82. The summed E-state index contributed by atoms with van der Waals surface area (Å²) in [5, 5.41) is 3.02. The Morgan fingerprint density at radius 3 is 2.29 bits per heavy atom. The van der Waals surface area contributed by atoms with Crippen LogP contribution in [0.1, 0.15) is 51.7 Å². The smallest absolute Gasteiger partial charge is 0.420 e. The summed E-state index contributed by atoms with van der Waals surface area (Å²) in [5.41, 5.74) is -0.696. The van der Waals surface area contributed by atoms with Gasteiger partial charge in [-0.2, -0.15) is 13.2 Å². The molecule has 12 heteroatoms. The molecular formula is C29H34Cl2F3N3O4. The summed E-state index contributed by atoms with van der Waals surface area (Å²) in [7, 11) is 4.17. The number of piperidine rings is 1. The molecule has 2 aliphatic rings. The molecule has 0 saturated carbocycles. The maximum atomic E-state index is 14.7. The minimum Gasteiger partial charge on any atom is -0.496 e. The monoisotopic (exact) mass is 615 g/mol. The molecule has 0 aromatic heterocycles. The van der Waals surface area contributed by atoms with Crippen molar-refractivity contribution in [1.82, 2.24) is 15.1 Å². The van der Waals surface area contributed by atoms with E-state index in [0.717, 1.165) is 32.8 Å². The highest BCUT2D eigenvalue weighted by Crippen LogP contribution is 2.49. The van der Waals surface area contributed by atoms with Crippen molar-refractivity contribution in [3.63, 3.8) is 0 Å². The van der Waals surface area contributed by atoms with Gasteiger partial charge in [0, 0.05) is 57.1 Å². The molecule has 2 atom stereocenters. The van der Waals surface area contributed by atoms with Crippen molar-refractivity contribution >= 4 is 35.0 Å². The Hall–Kier alpha value is -2.53. The van der Waals surface area contributed by atoms with E-state index in [9.17, 15) is 22.8 Å². The second kappa shape index (κ2) is 13.2. The minimum atomic E-state index is -4.82. The number of amides is 2. The van der Waals surface area contributed by atoms with Gasteiger partial charge in [-0.3, -0.25) is 9.59 Å². The molecule has 2 amide bonds. The minimum absolute atomic E-state index is 0.00781. The van der Waals surface area contributed by atoms with Gasteiger partial charge in [0.15, 0.2) is 0 Å². The molecule has 2 aromatic carbocycles.